The Balaban J connectivity index is 2.18. The number of carboxylic acid groups (broad SMARTS) is 1. The lowest BCUT2D eigenvalue weighted by molar-refractivity contribution is -0.386. The predicted molar refractivity (Wildman–Crippen MR) is 83.0 cm³/mol. The molecule has 0 fully saturated rings. The molecule has 0 saturated heterocycles. The first-order valence-corrected chi connectivity index (χ1v) is 7.00. The number of hydrogen-bond acceptors (Lipinski definition) is 5. The van der Waals surface area contributed by atoms with Crippen molar-refractivity contribution in [3.63, 3.8) is 0 Å². The molecule has 0 amide bonds. The molecule has 2 aromatic rings. The van der Waals surface area contributed by atoms with Crippen molar-refractivity contribution in [3.8, 4) is 5.75 Å². The molecular formula is C16H15FN2O5. The fourth-order valence-electron chi connectivity index (χ4n) is 2.08. The molecule has 0 aliphatic carbocycles. The number of aliphatic carboxylic acids is 1. The maximum atomic E-state index is 12.8. The van der Waals surface area contributed by atoms with Gasteiger partial charge < -0.3 is 15.6 Å². The van der Waals surface area contributed by atoms with E-state index >= 15 is 0 Å². The summed E-state index contributed by atoms with van der Waals surface area (Å²) in [6, 6.07) is 8.76. The molecule has 8 heteroatoms. The van der Waals surface area contributed by atoms with Gasteiger partial charge in [0.2, 0.25) is 0 Å². The van der Waals surface area contributed by atoms with Gasteiger partial charge in [-0.15, -0.1) is 0 Å². The Bertz CT molecular complexity index is 749. The van der Waals surface area contributed by atoms with Crippen molar-refractivity contribution >= 4 is 11.7 Å². The third-order valence-electron chi connectivity index (χ3n) is 3.31. The summed E-state index contributed by atoms with van der Waals surface area (Å²) in [5.74, 6) is -1.46. The highest BCUT2D eigenvalue weighted by molar-refractivity contribution is 5.68. The van der Waals surface area contributed by atoms with E-state index in [0.29, 0.717) is 11.1 Å². The number of rotatable bonds is 7. The first-order valence-electron chi connectivity index (χ1n) is 7.00. The summed E-state index contributed by atoms with van der Waals surface area (Å²) < 4.78 is 18.3. The molecule has 2 aromatic carbocycles. The zero-order valence-electron chi connectivity index (χ0n) is 12.5. The van der Waals surface area contributed by atoms with Crippen LogP contribution in [0.1, 0.15) is 23.6 Å². The molecule has 1 unspecified atom stereocenters. The van der Waals surface area contributed by atoms with Crippen LogP contribution in [-0.2, 0) is 11.4 Å². The highest BCUT2D eigenvalue weighted by Crippen LogP contribution is 2.31. The number of nitro groups is 1. The summed E-state index contributed by atoms with van der Waals surface area (Å²) >= 11 is 0. The fraction of sp³-hybridized carbons (Fsp3) is 0.188. The standard InChI is InChI=1S/C16H15FN2O5/c17-12-4-1-10(2-5-12)9-24-15-6-3-11(7-14(15)19(22)23)13(18)8-16(20)21/h1-7,13H,8-9,18H2,(H,20,21). The molecule has 0 heterocycles. The predicted octanol–water partition coefficient (Wildman–Crippen LogP) is 2.79. The Morgan fingerprint density at radius 3 is 2.54 bits per heavy atom. The Hall–Kier alpha value is -3.00. The minimum atomic E-state index is -1.10. The summed E-state index contributed by atoms with van der Waals surface area (Å²) in [6.45, 7) is 0.0294. The molecule has 126 valence electrons. The zero-order valence-corrected chi connectivity index (χ0v) is 12.5. The molecular weight excluding hydrogens is 319 g/mol. The number of hydrogen-bond donors (Lipinski definition) is 2. The molecule has 7 nitrogen and oxygen atoms in total. The van der Waals surface area contributed by atoms with E-state index < -0.39 is 16.9 Å². The van der Waals surface area contributed by atoms with E-state index in [9.17, 15) is 19.3 Å². The van der Waals surface area contributed by atoms with Crippen molar-refractivity contribution in [2.45, 2.75) is 19.1 Å². The normalized spacial score (nSPS) is 11.8. The molecule has 1 atom stereocenters. The first kappa shape index (κ1) is 17.4. The van der Waals surface area contributed by atoms with Gasteiger partial charge in [0.05, 0.1) is 11.3 Å². The lowest BCUT2D eigenvalue weighted by Crippen LogP contribution is -2.15. The lowest BCUT2D eigenvalue weighted by atomic mass is 10.0. The Kier molecular flexibility index (Phi) is 5.43. The number of nitrogens with zero attached hydrogens (tertiary/aromatic N) is 1. The van der Waals surface area contributed by atoms with Crippen molar-refractivity contribution in [2.75, 3.05) is 0 Å². The van der Waals surface area contributed by atoms with Crippen LogP contribution in [-0.4, -0.2) is 16.0 Å². The van der Waals surface area contributed by atoms with E-state index in [2.05, 4.69) is 0 Å². The van der Waals surface area contributed by atoms with Gasteiger partial charge in [-0.2, -0.15) is 0 Å². The number of carboxylic acids is 1. The number of ether oxygens (including phenoxy) is 1. The average Bonchev–Trinajstić information content (AvgIpc) is 2.53. The van der Waals surface area contributed by atoms with Crippen LogP contribution in [0, 0.1) is 15.9 Å². The molecule has 2 rings (SSSR count). The van der Waals surface area contributed by atoms with E-state index in [1.165, 1.54) is 42.5 Å². The molecule has 24 heavy (non-hydrogen) atoms. The topological polar surface area (TPSA) is 116 Å². The van der Waals surface area contributed by atoms with Gasteiger partial charge >= 0.3 is 11.7 Å². The van der Waals surface area contributed by atoms with Crippen molar-refractivity contribution in [2.24, 2.45) is 5.73 Å². The quantitative estimate of drug-likeness (QED) is 0.594. The van der Waals surface area contributed by atoms with Crippen LogP contribution in [0.2, 0.25) is 0 Å². The van der Waals surface area contributed by atoms with Crippen molar-refractivity contribution < 1.29 is 24.0 Å². The zero-order chi connectivity index (χ0) is 17.7. The molecule has 0 spiro atoms. The summed E-state index contributed by atoms with van der Waals surface area (Å²) in [4.78, 5) is 21.3. The van der Waals surface area contributed by atoms with Crippen LogP contribution in [0.4, 0.5) is 10.1 Å². The summed E-state index contributed by atoms with van der Waals surface area (Å²) in [5.41, 5.74) is 6.39. The van der Waals surface area contributed by atoms with E-state index in [1.54, 1.807) is 0 Å². The van der Waals surface area contributed by atoms with Gasteiger partial charge in [0.15, 0.2) is 5.75 Å². The van der Waals surface area contributed by atoms with Gasteiger partial charge in [-0.1, -0.05) is 18.2 Å². The SMILES string of the molecule is NC(CC(=O)O)c1ccc(OCc2ccc(F)cc2)c([N+](=O)[O-])c1. The van der Waals surface area contributed by atoms with Gasteiger partial charge in [-0.25, -0.2) is 4.39 Å². The molecule has 0 aliphatic rings. The minimum Gasteiger partial charge on any atom is -0.482 e. The maximum absolute atomic E-state index is 12.8. The smallest absolute Gasteiger partial charge is 0.311 e. The van der Waals surface area contributed by atoms with Gasteiger partial charge in [0.25, 0.3) is 0 Å². The Morgan fingerprint density at radius 1 is 1.29 bits per heavy atom. The second-order valence-corrected chi connectivity index (χ2v) is 5.10. The molecule has 3 N–H and O–H groups in total. The van der Waals surface area contributed by atoms with Crippen LogP contribution < -0.4 is 10.5 Å². The number of halogens is 1. The van der Waals surface area contributed by atoms with E-state index in [0.717, 1.165) is 0 Å². The maximum Gasteiger partial charge on any atom is 0.311 e. The van der Waals surface area contributed by atoms with Gasteiger partial charge in [-0.3, -0.25) is 14.9 Å². The third kappa shape index (κ3) is 4.50. The van der Waals surface area contributed by atoms with Crippen molar-refractivity contribution in [1.29, 1.82) is 0 Å². The second kappa shape index (κ2) is 7.51. The van der Waals surface area contributed by atoms with Crippen LogP contribution in [0.5, 0.6) is 5.75 Å². The number of benzene rings is 2. The number of carbonyl (C=O) groups is 1. The Labute approximate surface area is 136 Å². The van der Waals surface area contributed by atoms with Crippen LogP contribution in [0.25, 0.3) is 0 Å². The number of nitrogens with two attached hydrogens (primary N) is 1. The summed E-state index contributed by atoms with van der Waals surface area (Å²) in [5, 5.41) is 19.9. The van der Waals surface area contributed by atoms with E-state index in [-0.39, 0.29) is 30.3 Å². The second-order valence-electron chi connectivity index (χ2n) is 5.10. The molecule has 0 aliphatic heterocycles. The minimum absolute atomic E-state index is 0.0237. The molecule has 0 bridgehead atoms. The highest BCUT2D eigenvalue weighted by atomic mass is 19.1. The van der Waals surface area contributed by atoms with Crippen LogP contribution >= 0.6 is 0 Å². The van der Waals surface area contributed by atoms with E-state index in [1.807, 2.05) is 0 Å². The van der Waals surface area contributed by atoms with Crippen molar-refractivity contribution in [1.82, 2.24) is 0 Å². The highest BCUT2D eigenvalue weighted by Gasteiger charge is 2.20. The van der Waals surface area contributed by atoms with E-state index in [4.69, 9.17) is 15.6 Å². The van der Waals surface area contributed by atoms with Crippen molar-refractivity contribution in [3.05, 3.63) is 69.5 Å². The fourth-order valence-corrected chi connectivity index (χ4v) is 2.08. The monoisotopic (exact) mass is 334 g/mol. The average molecular weight is 334 g/mol. The van der Waals surface area contributed by atoms with Crippen LogP contribution in [0.3, 0.4) is 0 Å². The number of nitro benzene ring substituents is 1. The molecule has 0 aromatic heterocycles. The Morgan fingerprint density at radius 2 is 1.96 bits per heavy atom. The third-order valence-corrected chi connectivity index (χ3v) is 3.31. The largest absolute Gasteiger partial charge is 0.482 e. The van der Waals surface area contributed by atoms with Gasteiger partial charge in [-0.05, 0) is 29.3 Å². The summed E-state index contributed by atoms with van der Waals surface area (Å²) in [7, 11) is 0. The lowest BCUT2D eigenvalue weighted by Gasteiger charge is -2.12. The van der Waals surface area contributed by atoms with Crippen LogP contribution in [0.15, 0.2) is 42.5 Å². The molecule has 0 radical (unpaired) electrons. The summed E-state index contributed by atoms with van der Waals surface area (Å²) in [6.07, 6.45) is -0.340. The molecule has 0 saturated carbocycles. The first-order chi connectivity index (χ1) is 11.4. The van der Waals surface area contributed by atoms with Gasteiger partial charge in [0, 0.05) is 12.1 Å². The van der Waals surface area contributed by atoms with Gasteiger partial charge in [0.1, 0.15) is 12.4 Å².